The highest BCUT2D eigenvalue weighted by atomic mass is 32.2. The topological polar surface area (TPSA) is 132 Å². The molecule has 0 amide bonds. The fraction of sp³-hybridized carbons (Fsp3) is 0.158. The summed E-state index contributed by atoms with van der Waals surface area (Å²) in [6.45, 7) is 0.237. The molecule has 2 aromatic carbocycles. The van der Waals surface area contributed by atoms with E-state index in [2.05, 4.69) is 4.28 Å². The second-order valence-corrected chi connectivity index (χ2v) is 7.65. The van der Waals surface area contributed by atoms with E-state index in [4.69, 9.17) is 15.9 Å². The van der Waals surface area contributed by atoms with Crippen LogP contribution in [0.25, 0.3) is 17.2 Å². The van der Waals surface area contributed by atoms with E-state index in [-0.39, 0.29) is 13.0 Å². The predicted octanol–water partition coefficient (Wildman–Crippen LogP) is 1.83. The minimum atomic E-state index is -4.23. The summed E-state index contributed by atoms with van der Waals surface area (Å²) < 4.78 is 33.9. The zero-order valence-electron chi connectivity index (χ0n) is 14.8. The summed E-state index contributed by atoms with van der Waals surface area (Å²) in [5, 5.41) is 6.92. The molecule has 0 spiro atoms. The van der Waals surface area contributed by atoms with Gasteiger partial charge in [-0.2, -0.15) is 8.42 Å². The maximum absolute atomic E-state index is 12.5. The summed E-state index contributed by atoms with van der Waals surface area (Å²) >= 11 is 0. The van der Waals surface area contributed by atoms with E-state index in [1.54, 1.807) is 11.6 Å². The number of carbonyl (C=O) groups is 1. The fourth-order valence-electron chi connectivity index (χ4n) is 2.81. The van der Waals surface area contributed by atoms with Crippen LogP contribution in [0.4, 0.5) is 0 Å². The molecule has 0 saturated heterocycles. The van der Waals surface area contributed by atoms with Crippen molar-refractivity contribution in [3.8, 4) is 16.9 Å². The number of benzene rings is 2. The van der Waals surface area contributed by atoms with Gasteiger partial charge >= 0.3 is 0 Å². The van der Waals surface area contributed by atoms with Crippen LogP contribution >= 0.6 is 0 Å². The van der Waals surface area contributed by atoms with Crippen molar-refractivity contribution in [2.45, 2.75) is 6.42 Å². The van der Waals surface area contributed by atoms with Crippen molar-refractivity contribution in [3.63, 3.8) is 0 Å². The van der Waals surface area contributed by atoms with Crippen LogP contribution in [0, 0.1) is 5.41 Å². The van der Waals surface area contributed by atoms with Gasteiger partial charge in [-0.05, 0) is 11.6 Å². The second kappa shape index (κ2) is 8.24. The van der Waals surface area contributed by atoms with E-state index in [9.17, 15) is 13.2 Å². The van der Waals surface area contributed by atoms with Crippen LogP contribution in [0.5, 0.6) is 5.75 Å². The number of nitrogens with two attached hydrogens (primary N) is 1. The highest BCUT2D eigenvalue weighted by Crippen LogP contribution is 2.36. The van der Waals surface area contributed by atoms with E-state index < -0.39 is 27.6 Å². The first kappa shape index (κ1) is 19.6. The minimum Gasteiger partial charge on any atom is -0.492 e. The van der Waals surface area contributed by atoms with Crippen LogP contribution < -0.4 is 16.0 Å². The summed E-state index contributed by atoms with van der Waals surface area (Å²) in [5.41, 5.74) is 9.59. The van der Waals surface area contributed by atoms with Gasteiger partial charge in [-0.3, -0.25) is 10.2 Å². The first-order valence-electron chi connectivity index (χ1n) is 8.42. The lowest BCUT2D eigenvalue weighted by molar-refractivity contribution is -0.113. The molecule has 0 aromatic heterocycles. The number of hydrogen-bond acceptors (Lipinski definition) is 6. The lowest BCUT2D eigenvalue weighted by Gasteiger charge is -2.12. The molecule has 4 N–H and O–H groups in total. The minimum absolute atomic E-state index is 0.237. The number of carbonyl (C=O) groups excluding carboxylic acids is 1. The average Bonchev–Trinajstić information content (AvgIpc) is 2.89. The first-order valence-corrected chi connectivity index (χ1v) is 9.99. The molecule has 146 valence electrons. The Hall–Kier alpha value is -3.17. The number of guanidine groups is 1. The fourth-order valence-corrected chi connectivity index (χ4v) is 3.59. The second-order valence-electron chi connectivity index (χ2n) is 6.08. The van der Waals surface area contributed by atoms with Crippen molar-refractivity contribution in [2.75, 3.05) is 12.4 Å². The quantitative estimate of drug-likeness (QED) is 0.382. The van der Waals surface area contributed by atoms with Gasteiger partial charge in [-0.1, -0.05) is 48.5 Å². The van der Waals surface area contributed by atoms with Gasteiger partial charge in [0.15, 0.2) is 5.78 Å². The summed E-state index contributed by atoms with van der Waals surface area (Å²) in [7, 11) is -4.23. The van der Waals surface area contributed by atoms with Gasteiger partial charge in [0.2, 0.25) is 5.96 Å². The van der Waals surface area contributed by atoms with Gasteiger partial charge in [0.25, 0.3) is 10.1 Å². The Morgan fingerprint density at radius 1 is 1.18 bits per heavy atom. The maximum atomic E-state index is 12.5. The molecular weight excluding hydrogens is 382 g/mol. The molecule has 1 heterocycles. The van der Waals surface area contributed by atoms with E-state index in [0.717, 1.165) is 11.1 Å². The van der Waals surface area contributed by atoms with E-state index >= 15 is 0 Å². The zero-order valence-corrected chi connectivity index (χ0v) is 15.7. The molecular formula is C19H19N3O5S. The molecule has 1 aliphatic heterocycles. The molecule has 0 atom stereocenters. The predicted molar refractivity (Wildman–Crippen MR) is 105 cm³/mol. The molecule has 0 fully saturated rings. The van der Waals surface area contributed by atoms with Crippen molar-refractivity contribution in [1.82, 2.24) is 5.48 Å². The Labute approximate surface area is 162 Å². The van der Waals surface area contributed by atoms with Gasteiger partial charge in [0, 0.05) is 23.1 Å². The van der Waals surface area contributed by atoms with E-state index in [0.29, 0.717) is 16.9 Å². The number of hydroxylamine groups is 1. The molecule has 3 rings (SSSR count). The largest absolute Gasteiger partial charge is 0.492 e. The highest BCUT2D eigenvalue weighted by Gasteiger charge is 2.24. The average molecular weight is 401 g/mol. The summed E-state index contributed by atoms with van der Waals surface area (Å²) in [6, 6.07) is 15.3. The van der Waals surface area contributed by atoms with E-state index in [1.807, 2.05) is 48.5 Å². The number of rotatable bonds is 6. The van der Waals surface area contributed by atoms with Crippen LogP contribution in [0.15, 0.2) is 54.1 Å². The SMILES string of the molecule is N=C(N)NOS(=O)(=O)CC(=O)C1=Cc2cccc(-c3ccccc3)c2OCC1. The molecule has 1 aliphatic rings. The molecule has 0 unspecified atom stereocenters. The molecule has 9 heteroatoms. The van der Waals surface area contributed by atoms with Gasteiger partial charge in [0.1, 0.15) is 11.5 Å². The summed E-state index contributed by atoms with van der Waals surface area (Å²) in [6.07, 6.45) is 1.91. The number of hydrogen-bond donors (Lipinski definition) is 3. The lowest BCUT2D eigenvalue weighted by atomic mass is 9.99. The Morgan fingerprint density at radius 3 is 2.64 bits per heavy atom. The van der Waals surface area contributed by atoms with Crippen molar-refractivity contribution >= 4 is 27.9 Å². The van der Waals surface area contributed by atoms with Crippen molar-refractivity contribution in [3.05, 3.63) is 59.7 Å². The molecule has 8 nitrogen and oxygen atoms in total. The zero-order chi connectivity index (χ0) is 20.1. The number of ether oxygens (including phenoxy) is 1. The third kappa shape index (κ3) is 4.76. The summed E-state index contributed by atoms with van der Waals surface area (Å²) in [4.78, 5) is 12.5. The number of nitrogens with one attached hydrogen (secondary N) is 2. The van der Waals surface area contributed by atoms with Crippen LogP contribution in [-0.4, -0.2) is 32.5 Å². The van der Waals surface area contributed by atoms with Crippen molar-refractivity contribution < 1.29 is 22.2 Å². The van der Waals surface area contributed by atoms with Crippen LogP contribution in [0.2, 0.25) is 0 Å². The maximum Gasteiger partial charge on any atom is 0.295 e. The Balaban J connectivity index is 1.87. The molecule has 28 heavy (non-hydrogen) atoms. The highest BCUT2D eigenvalue weighted by molar-refractivity contribution is 7.87. The number of Topliss-reactive ketones (excluding diaryl/α,β-unsaturated/α-hetero) is 1. The smallest absolute Gasteiger partial charge is 0.295 e. The van der Waals surface area contributed by atoms with Gasteiger partial charge < -0.3 is 10.5 Å². The van der Waals surface area contributed by atoms with Crippen LogP contribution in [0.1, 0.15) is 12.0 Å². The number of fused-ring (bicyclic) bond motifs is 1. The third-order valence-corrected chi connectivity index (χ3v) is 4.98. The van der Waals surface area contributed by atoms with Gasteiger partial charge in [-0.25, -0.2) is 5.48 Å². The standard InChI is InChI=1S/C19H19N3O5S/c20-19(21)22-27-28(24,25)12-17(23)14-9-10-26-18-15(11-14)7-4-8-16(18)13-5-2-1-3-6-13/h1-8,11H,9-10,12H2,(H4,20,21,22). The van der Waals surface area contributed by atoms with Crippen molar-refractivity contribution in [1.29, 1.82) is 5.41 Å². The normalized spacial score (nSPS) is 13.5. The number of para-hydroxylation sites is 1. The molecule has 2 aromatic rings. The molecule has 0 saturated carbocycles. The van der Waals surface area contributed by atoms with Gasteiger partial charge in [-0.15, -0.1) is 4.28 Å². The van der Waals surface area contributed by atoms with Crippen LogP contribution in [0.3, 0.4) is 0 Å². The van der Waals surface area contributed by atoms with Crippen LogP contribution in [-0.2, 0) is 19.2 Å². The van der Waals surface area contributed by atoms with Crippen molar-refractivity contribution in [2.24, 2.45) is 5.73 Å². The molecule has 0 aliphatic carbocycles. The molecule has 0 radical (unpaired) electrons. The Kier molecular flexibility index (Phi) is 5.76. The lowest BCUT2D eigenvalue weighted by Crippen LogP contribution is -2.34. The van der Waals surface area contributed by atoms with E-state index in [1.165, 1.54) is 0 Å². The van der Waals surface area contributed by atoms with Gasteiger partial charge in [0.05, 0.1) is 6.61 Å². The summed E-state index contributed by atoms with van der Waals surface area (Å²) in [5.74, 6) is -1.51. The first-order chi connectivity index (χ1) is 13.4. The number of ketones is 1. The third-order valence-electron chi connectivity index (χ3n) is 4.02. The Morgan fingerprint density at radius 2 is 1.93 bits per heavy atom. The Bertz CT molecular complexity index is 1030. The molecule has 0 bridgehead atoms. The monoisotopic (exact) mass is 401 g/mol.